The first-order valence-electron chi connectivity index (χ1n) is 5.49. The van der Waals surface area contributed by atoms with Gasteiger partial charge in [-0.3, -0.25) is 4.79 Å². The Morgan fingerprint density at radius 1 is 1.29 bits per heavy atom. The highest BCUT2D eigenvalue weighted by Gasteiger charge is 2.28. The summed E-state index contributed by atoms with van der Waals surface area (Å²) < 4.78 is 1.69. The van der Waals surface area contributed by atoms with Crippen molar-refractivity contribution in [3.8, 4) is 17.0 Å². The number of phenols is 1. The molecule has 0 unspecified atom stereocenters. The Bertz CT molecular complexity index is 556. The molecule has 2 aromatic rings. The van der Waals surface area contributed by atoms with Crippen LogP contribution in [-0.2, 0) is 0 Å². The van der Waals surface area contributed by atoms with Crippen molar-refractivity contribution >= 4 is 6.29 Å². The van der Waals surface area contributed by atoms with Crippen LogP contribution in [0.1, 0.15) is 29.4 Å². The Hall–Kier alpha value is -2.17. The lowest BCUT2D eigenvalue weighted by atomic mass is 10.1. The first-order valence-corrected chi connectivity index (χ1v) is 5.49. The Morgan fingerprint density at radius 2 is 2.00 bits per heavy atom. The first kappa shape index (κ1) is 10.0. The van der Waals surface area contributed by atoms with E-state index in [-0.39, 0.29) is 5.75 Å². The summed E-state index contributed by atoms with van der Waals surface area (Å²) in [6, 6.07) is 6.92. The maximum Gasteiger partial charge on any atom is 0.170 e. The molecule has 0 amide bonds. The standard InChI is InChI=1S/C12H11N3O2/c16-7-11-12(8-1-5-10(17)6-2-8)13-14-15(11)9-3-4-9/h1-2,5-7,9,17H,3-4H2. The molecule has 1 saturated carbocycles. The van der Waals surface area contributed by atoms with Gasteiger partial charge in [-0.1, -0.05) is 5.21 Å². The minimum Gasteiger partial charge on any atom is -0.508 e. The molecule has 1 N–H and O–H groups in total. The number of aromatic nitrogens is 3. The third kappa shape index (κ3) is 1.69. The number of carbonyl (C=O) groups excluding carboxylic acids is 1. The number of nitrogens with zero attached hydrogens (tertiary/aromatic N) is 3. The van der Waals surface area contributed by atoms with Crippen LogP contribution in [0.4, 0.5) is 0 Å². The average Bonchev–Trinajstić information content (AvgIpc) is 3.10. The number of aromatic hydroxyl groups is 1. The lowest BCUT2D eigenvalue weighted by Crippen LogP contribution is -2.01. The molecule has 86 valence electrons. The zero-order chi connectivity index (χ0) is 11.8. The topological polar surface area (TPSA) is 68.0 Å². The van der Waals surface area contributed by atoms with E-state index in [4.69, 9.17) is 0 Å². The molecule has 3 rings (SSSR count). The fraction of sp³-hybridized carbons (Fsp3) is 0.250. The smallest absolute Gasteiger partial charge is 0.170 e. The molecule has 1 aromatic carbocycles. The van der Waals surface area contributed by atoms with Crippen LogP contribution in [-0.4, -0.2) is 26.4 Å². The average molecular weight is 229 g/mol. The van der Waals surface area contributed by atoms with Gasteiger partial charge in [0.15, 0.2) is 6.29 Å². The molecule has 1 heterocycles. The van der Waals surface area contributed by atoms with E-state index in [0.717, 1.165) is 24.7 Å². The predicted octanol–water partition coefficient (Wildman–Crippen LogP) is 1.80. The molecule has 1 aromatic heterocycles. The summed E-state index contributed by atoms with van der Waals surface area (Å²) in [5, 5.41) is 17.3. The minimum atomic E-state index is 0.191. The molecule has 1 aliphatic rings. The summed E-state index contributed by atoms with van der Waals surface area (Å²) in [5.41, 5.74) is 1.88. The number of benzene rings is 1. The second kappa shape index (κ2) is 3.69. The molecule has 0 saturated heterocycles. The molecule has 0 spiro atoms. The van der Waals surface area contributed by atoms with Gasteiger partial charge in [-0.25, -0.2) is 4.68 Å². The number of aldehydes is 1. The number of hydrogen-bond acceptors (Lipinski definition) is 4. The summed E-state index contributed by atoms with van der Waals surface area (Å²) >= 11 is 0. The summed E-state index contributed by atoms with van der Waals surface area (Å²) in [6.45, 7) is 0. The van der Waals surface area contributed by atoms with Crippen molar-refractivity contribution in [2.45, 2.75) is 18.9 Å². The summed E-state index contributed by atoms with van der Waals surface area (Å²) in [5.74, 6) is 0.191. The van der Waals surface area contributed by atoms with Crippen molar-refractivity contribution in [3.05, 3.63) is 30.0 Å². The van der Waals surface area contributed by atoms with Gasteiger partial charge < -0.3 is 5.11 Å². The van der Waals surface area contributed by atoms with Gasteiger partial charge in [-0.15, -0.1) is 5.10 Å². The fourth-order valence-electron chi connectivity index (χ4n) is 1.82. The third-order valence-electron chi connectivity index (χ3n) is 2.88. The first-order chi connectivity index (χ1) is 8.29. The van der Waals surface area contributed by atoms with Crippen molar-refractivity contribution in [2.75, 3.05) is 0 Å². The predicted molar refractivity (Wildman–Crippen MR) is 60.8 cm³/mol. The third-order valence-corrected chi connectivity index (χ3v) is 2.88. The highest BCUT2D eigenvalue weighted by molar-refractivity contribution is 5.83. The lowest BCUT2D eigenvalue weighted by Gasteiger charge is -2.00. The van der Waals surface area contributed by atoms with Crippen molar-refractivity contribution < 1.29 is 9.90 Å². The maximum atomic E-state index is 11.1. The van der Waals surface area contributed by atoms with E-state index in [1.165, 1.54) is 0 Å². The van der Waals surface area contributed by atoms with E-state index in [0.29, 0.717) is 17.4 Å². The molecule has 1 fully saturated rings. The van der Waals surface area contributed by atoms with Crippen LogP contribution in [0.3, 0.4) is 0 Å². The zero-order valence-electron chi connectivity index (χ0n) is 9.08. The van der Waals surface area contributed by atoms with E-state index < -0.39 is 0 Å². The van der Waals surface area contributed by atoms with Gasteiger partial charge in [-0.2, -0.15) is 0 Å². The fourth-order valence-corrected chi connectivity index (χ4v) is 1.82. The monoisotopic (exact) mass is 229 g/mol. The van der Waals surface area contributed by atoms with Gasteiger partial charge >= 0.3 is 0 Å². The Kier molecular flexibility index (Phi) is 2.18. The Balaban J connectivity index is 2.07. The molecule has 17 heavy (non-hydrogen) atoms. The number of rotatable bonds is 3. The van der Waals surface area contributed by atoms with Crippen molar-refractivity contribution in [3.63, 3.8) is 0 Å². The lowest BCUT2D eigenvalue weighted by molar-refractivity contribution is 0.111. The highest BCUT2D eigenvalue weighted by atomic mass is 16.3. The number of carbonyl (C=O) groups is 1. The van der Waals surface area contributed by atoms with E-state index in [9.17, 15) is 9.90 Å². The molecule has 5 heteroatoms. The van der Waals surface area contributed by atoms with Crippen molar-refractivity contribution in [1.29, 1.82) is 0 Å². The normalized spacial score (nSPS) is 14.8. The molecule has 0 atom stereocenters. The van der Waals surface area contributed by atoms with Gasteiger partial charge in [-0.05, 0) is 37.1 Å². The molecule has 0 aliphatic heterocycles. The van der Waals surface area contributed by atoms with Gasteiger partial charge in [0.2, 0.25) is 0 Å². The van der Waals surface area contributed by atoms with Gasteiger partial charge in [0.1, 0.15) is 17.1 Å². The highest BCUT2D eigenvalue weighted by Crippen LogP contribution is 2.36. The molecular formula is C12H11N3O2. The maximum absolute atomic E-state index is 11.1. The van der Waals surface area contributed by atoms with Crippen LogP contribution in [0.15, 0.2) is 24.3 Å². The number of hydrogen-bond donors (Lipinski definition) is 1. The Labute approximate surface area is 97.7 Å². The van der Waals surface area contributed by atoms with Crippen LogP contribution in [0.2, 0.25) is 0 Å². The van der Waals surface area contributed by atoms with E-state index in [2.05, 4.69) is 10.3 Å². The van der Waals surface area contributed by atoms with Crippen LogP contribution >= 0.6 is 0 Å². The summed E-state index contributed by atoms with van der Waals surface area (Å²) in [6.07, 6.45) is 2.90. The van der Waals surface area contributed by atoms with Crippen molar-refractivity contribution in [1.82, 2.24) is 15.0 Å². The van der Waals surface area contributed by atoms with Gasteiger partial charge in [0.05, 0.1) is 6.04 Å². The van der Waals surface area contributed by atoms with Crippen LogP contribution in [0.5, 0.6) is 5.75 Å². The van der Waals surface area contributed by atoms with Gasteiger partial charge in [0.25, 0.3) is 0 Å². The second-order valence-electron chi connectivity index (χ2n) is 4.16. The van der Waals surface area contributed by atoms with Crippen molar-refractivity contribution in [2.24, 2.45) is 0 Å². The molecule has 5 nitrogen and oxygen atoms in total. The zero-order valence-corrected chi connectivity index (χ0v) is 9.08. The second-order valence-corrected chi connectivity index (χ2v) is 4.16. The van der Waals surface area contributed by atoms with Gasteiger partial charge in [0, 0.05) is 5.56 Å². The minimum absolute atomic E-state index is 0.191. The van der Waals surface area contributed by atoms with E-state index in [1.807, 2.05) is 0 Å². The number of phenolic OH excluding ortho intramolecular Hbond substituents is 1. The molecule has 1 aliphatic carbocycles. The largest absolute Gasteiger partial charge is 0.508 e. The Morgan fingerprint density at radius 3 is 2.59 bits per heavy atom. The molecule has 0 bridgehead atoms. The SMILES string of the molecule is O=Cc1c(-c2ccc(O)cc2)nnn1C1CC1. The van der Waals surface area contributed by atoms with Crippen LogP contribution in [0, 0.1) is 0 Å². The summed E-state index contributed by atoms with van der Waals surface area (Å²) in [4.78, 5) is 11.1. The summed E-state index contributed by atoms with van der Waals surface area (Å²) in [7, 11) is 0. The van der Waals surface area contributed by atoms with Crippen LogP contribution < -0.4 is 0 Å². The quantitative estimate of drug-likeness (QED) is 0.815. The van der Waals surface area contributed by atoms with E-state index in [1.54, 1.807) is 28.9 Å². The van der Waals surface area contributed by atoms with Crippen LogP contribution in [0.25, 0.3) is 11.3 Å². The molecular weight excluding hydrogens is 218 g/mol. The van der Waals surface area contributed by atoms with E-state index >= 15 is 0 Å². The molecule has 0 radical (unpaired) electrons.